The molecule has 2 aromatic rings. The van der Waals surface area contributed by atoms with Gasteiger partial charge in [0.05, 0.1) is 6.54 Å². The van der Waals surface area contributed by atoms with Crippen molar-refractivity contribution < 1.29 is 29.0 Å². The van der Waals surface area contributed by atoms with E-state index < -0.39 is 36.5 Å². The van der Waals surface area contributed by atoms with E-state index in [-0.39, 0.29) is 25.6 Å². The first-order chi connectivity index (χ1) is 16.3. The molecule has 3 amide bonds. The Kier molecular flexibility index (Phi) is 8.20. The lowest BCUT2D eigenvalue weighted by Gasteiger charge is -2.18. The number of nitrogens with zero attached hydrogens (tertiary/aromatic N) is 1. The molecule has 1 unspecified atom stereocenters. The summed E-state index contributed by atoms with van der Waals surface area (Å²) in [5.74, 6) is -2.53. The average Bonchev–Trinajstić information content (AvgIpc) is 3.13. The Labute approximate surface area is 197 Å². The van der Waals surface area contributed by atoms with E-state index in [9.17, 15) is 19.2 Å². The van der Waals surface area contributed by atoms with Gasteiger partial charge in [-0.3, -0.25) is 9.59 Å². The number of benzene rings is 2. The van der Waals surface area contributed by atoms with E-state index in [0.29, 0.717) is 0 Å². The molecule has 180 valence electrons. The van der Waals surface area contributed by atoms with Crippen LogP contribution in [0.3, 0.4) is 0 Å². The molecule has 1 aliphatic carbocycles. The highest BCUT2D eigenvalue weighted by Gasteiger charge is 2.29. The normalized spacial score (nSPS) is 12.9. The van der Waals surface area contributed by atoms with Crippen molar-refractivity contribution in [3.63, 3.8) is 0 Å². The van der Waals surface area contributed by atoms with Gasteiger partial charge in [-0.1, -0.05) is 48.5 Å². The van der Waals surface area contributed by atoms with Crippen LogP contribution in [0.25, 0.3) is 11.1 Å². The van der Waals surface area contributed by atoms with Gasteiger partial charge in [0, 0.05) is 12.5 Å². The second-order valence-electron chi connectivity index (χ2n) is 8.18. The van der Waals surface area contributed by atoms with Crippen molar-refractivity contribution in [2.45, 2.75) is 12.0 Å². The number of aliphatic carboxylic acids is 1. The van der Waals surface area contributed by atoms with E-state index in [1.165, 1.54) is 0 Å². The Morgan fingerprint density at radius 2 is 1.47 bits per heavy atom. The fraction of sp³-hybridized carbons (Fsp3) is 0.333. The molecule has 0 bridgehead atoms. The summed E-state index contributed by atoms with van der Waals surface area (Å²) in [7, 11) is 3.36. The van der Waals surface area contributed by atoms with Crippen LogP contribution in [0.2, 0.25) is 0 Å². The minimum Gasteiger partial charge on any atom is -0.480 e. The van der Waals surface area contributed by atoms with Gasteiger partial charge in [0.15, 0.2) is 0 Å². The largest absolute Gasteiger partial charge is 0.480 e. The van der Waals surface area contributed by atoms with Crippen LogP contribution in [0.5, 0.6) is 0 Å². The monoisotopic (exact) mass is 468 g/mol. The van der Waals surface area contributed by atoms with Crippen LogP contribution >= 0.6 is 0 Å². The Balaban J connectivity index is 1.42. The summed E-state index contributed by atoms with van der Waals surface area (Å²) in [6, 6.07) is 14.8. The maximum Gasteiger partial charge on any atom is 0.407 e. The van der Waals surface area contributed by atoms with Crippen molar-refractivity contribution in [3.05, 3.63) is 59.7 Å². The molecule has 0 saturated heterocycles. The number of ether oxygens (including phenoxy) is 1. The van der Waals surface area contributed by atoms with Gasteiger partial charge in [-0.05, 0) is 36.3 Å². The minimum absolute atomic E-state index is 0.0972. The number of amides is 3. The number of carboxylic acid groups (broad SMARTS) is 1. The topological polar surface area (TPSA) is 137 Å². The molecule has 0 saturated carbocycles. The zero-order chi connectivity index (χ0) is 24.7. The van der Waals surface area contributed by atoms with Crippen molar-refractivity contribution >= 4 is 23.9 Å². The van der Waals surface area contributed by atoms with Crippen LogP contribution in [0, 0.1) is 0 Å². The number of likely N-dealkylation sites (N-methyl/N-ethyl adjacent to an activating group) is 1. The molecule has 34 heavy (non-hydrogen) atoms. The highest BCUT2D eigenvalue weighted by Crippen LogP contribution is 2.44. The zero-order valence-electron chi connectivity index (χ0n) is 19.0. The number of fused-ring (bicyclic) bond motifs is 3. The van der Waals surface area contributed by atoms with E-state index in [1.54, 1.807) is 19.0 Å². The summed E-state index contributed by atoms with van der Waals surface area (Å²) in [6.45, 7) is -0.572. The molecule has 3 rings (SSSR count). The van der Waals surface area contributed by atoms with Crippen LogP contribution < -0.4 is 16.0 Å². The van der Waals surface area contributed by atoms with Crippen LogP contribution in [-0.4, -0.2) is 80.3 Å². The minimum atomic E-state index is -1.18. The van der Waals surface area contributed by atoms with E-state index in [2.05, 4.69) is 16.0 Å². The Bertz CT molecular complexity index is 1030. The lowest BCUT2D eigenvalue weighted by atomic mass is 9.98. The SMILES string of the molecule is CN(C)CC(NC(=O)CNC(=O)CNC(=O)OCC1c2ccccc2-c2ccccc21)C(=O)O. The zero-order valence-corrected chi connectivity index (χ0v) is 19.0. The molecule has 4 N–H and O–H groups in total. The van der Waals surface area contributed by atoms with Gasteiger partial charge in [0.2, 0.25) is 11.8 Å². The fourth-order valence-electron chi connectivity index (χ4n) is 3.84. The number of carbonyl (C=O) groups is 4. The molecular weight excluding hydrogens is 440 g/mol. The first-order valence-electron chi connectivity index (χ1n) is 10.8. The number of carboxylic acids is 1. The number of rotatable bonds is 10. The summed E-state index contributed by atoms with van der Waals surface area (Å²) in [5.41, 5.74) is 4.38. The Morgan fingerprint density at radius 3 is 2.03 bits per heavy atom. The number of hydrogen-bond donors (Lipinski definition) is 4. The highest BCUT2D eigenvalue weighted by molar-refractivity contribution is 5.89. The summed E-state index contributed by atoms with van der Waals surface area (Å²) in [5, 5.41) is 16.2. The molecule has 0 aliphatic heterocycles. The van der Waals surface area contributed by atoms with Gasteiger partial charge in [-0.2, -0.15) is 0 Å². The molecule has 0 fully saturated rings. The Hall–Kier alpha value is -3.92. The Morgan fingerprint density at radius 1 is 0.912 bits per heavy atom. The predicted molar refractivity (Wildman–Crippen MR) is 124 cm³/mol. The van der Waals surface area contributed by atoms with Crippen molar-refractivity contribution in [2.75, 3.05) is 40.3 Å². The fourth-order valence-corrected chi connectivity index (χ4v) is 3.84. The molecule has 10 heteroatoms. The van der Waals surface area contributed by atoms with E-state index in [4.69, 9.17) is 9.84 Å². The van der Waals surface area contributed by atoms with Crippen molar-refractivity contribution in [2.24, 2.45) is 0 Å². The second kappa shape index (κ2) is 11.3. The smallest absolute Gasteiger partial charge is 0.407 e. The number of hydrogen-bond acceptors (Lipinski definition) is 6. The average molecular weight is 469 g/mol. The number of carbonyl (C=O) groups excluding carboxylic acids is 3. The molecule has 2 aromatic carbocycles. The molecule has 10 nitrogen and oxygen atoms in total. The number of alkyl carbamates (subject to hydrolysis) is 1. The van der Waals surface area contributed by atoms with Crippen molar-refractivity contribution in [3.8, 4) is 11.1 Å². The summed E-state index contributed by atoms with van der Waals surface area (Å²) in [6.07, 6.45) is -0.751. The lowest BCUT2D eigenvalue weighted by molar-refractivity contribution is -0.142. The third-order valence-electron chi connectivity index (χ3n) is 5.36. The van der Waals surface area contributed by atoms with Gasteiger partial charge in [0.1, 0.15) is 19.2 Å². The highest BCUT2D eigenvalue weighted by atomic mass is 16.5. The first-order valence-corrected chi connectivity index (χ1v) is 10.8. The lowest BCUT2D eigenvalue weighted by Crippen LogP contribution is -2.50. The standard InChI is InChI=1S/C24H28N4O6/c1-28(2)13-20(23(31)32)27-22(30)12-25-21(29)11-26-24(33)34-14-19-17-9-5-3-7-15(17)16-8-4-6-10-18(16)19/h3-10,19-20H,11-14H2,1-2H3,(H,25,29)(H,26,33)(H,27,30)(H,31,32). The van der Waals surface area contributed by atoms with E-state index in [0.717, 1.165) is 22.3 Å². The predicted octanol–water partition coefficient (Wildman–Crippen LogP) is 0.772. The van der Waals surface area contributed by atoms with Crippen LogP contribution in [0.15, 0.2) is 48.5 Å². The van der Waals surface area contributed by atoms with E-state index >= 15 is 0 Å². The van der Waals surface area contributed by atoms with Crippen molar-refractivity contribution in [1.29, 1.82) is 0 Å². The maximum absolute atomic E-state index is 12.1. The van der Waals surface area contributed by atoms with Crippen LogP contribution in [-0.2, 0) is 19.1 Å². The summed E-state index contributed by atoms with van der Waals surface area (Å²) >= 11 is 0. The molecule has 0 aromatic heterocycles. The van der Waals surface area contributed by atoms with Gasteiger partial charge in [-0.15, -0.1) is 0 Å². The van der Waals surface area contributed by atoms with Gasteiger partial charge >= 0.3 is 12.1 Å². The van der Waals surface area contributed by atoms with E-state index in [1.807, 2.05) is 48.5 Å². The van der Waals surface area contributed by atoms with Gasteiger partial charge in [-0.25, -0.2) is 9.59 Å². The molecule has 0 spiro atoms. The van der Waals surface area contributed by atoms with Gasteiger partial charge < -0.3 is 30.7 Å². The number of nitrogens with one attached hydrogen (secondary N) is 3. The van der Waals surface area contributed by atoms with Crippen molar-refractivity contribution in [1.82, 2.24) is 20.9 Å². The first kappa shape index (κ1) is 24.7. The second-order valence-corrected chi connectivity index (χ2v) is 8.18. The third-order valence-corrected chi connectivity index (χ3v) is 5.36. The third kappa shape index (κ3) is 6.32. The molecule has 0 radical (unpaired) electrons. The summed E-state index contributed by atoms with van der Waals surface area (Å²) < 4.78 is 5.35. The summed E-state index contributed by atoms with van der Waals surface area (Å²) in [4.78, 5) is 48.8. The maximum atomic E-state index is 12.1. The molecule has 1 aliphatic rings. The van der Waals surface area contributed by atoms with Crippen LogP contribution in [0.1, 0.15) is 17.0 Å². The van der Waals surface area contributed by atoms with Gasteiger partial charge in [0.25, 0.3) is 0 Å². The quantitative estimate of drug-likeness (QED) is 0.404. The molecular formula is C24H28N4O6. The molecule has 1 atom stereocenters. The van der Waals surface area contributed by atoms with Crippen LogP contribution in [0.4, 0.5) is 4.79 Å². The molecule has 0 heterocycles.